The molecule has 0 saturated carbocycles. The highest BCUT2D eigenvalue weighted by Crippen LogP contribution is 2.13. The first-order valence-corrected chi connectivity index (χ1v) is 14.4. The maximum absolute atomic E-state index is 13.4. The van der Waals surface area contributed by atoms with Crippen LogP contribution in [0.4, 0.5) is 0 Å². The van der Waals surface area contributed by atoms with Crippen LogP contribution in [0.25, 0.3) is 0 Å². The molecule has 0 saturated heterocycles. The standard InChI is InChI=1S/C33H42N4O7/c1-32(2,3)43-29(40)19-25(36-28(39)20-27(38)35-17-16-22-12-14-24(21-34)15-13-22)30(41)37-26(31(42)44-33(4,5)6)18-23-10-8-7-9-11-23/h7-15,25-26H,16-20H2,1-6H3,(H,35,38)(H,36,39)(H,37,41)/t25-,26-/m0/s1. The number of nitrogens with zero attached hydrogens (tertiary/aromatic N) is 1. The van der Waals surface area contributed by atoms with Crippen molar-refractivity contribution in [3.05, 3.63) is 71.3 Å². The van der Waals surface area contributed by atoms with E-state index in [1.54, 1.807) is 90.1 Å². The number of hydrogen-bond donors (Lipinski definition) is 3. The van der Waals surface area contributed by atoms with E-state index < -0.39 is 65.8 Å². The van der Waals surface area contributed by atoms with Crippen LogP contribution >= 0.6 is 0 Å². The van der Waals surface area contributed by atoms with Crippen LogP contribution in [0.1, 0.15) is 71.1 Å². The van der Waals surface area contributed by atoms with Gasteiger partial charge in [0.2, 0.25) is 17.7 Å². The summed E-state index contributed by atoms with van der Waals surface area (Å²) in [6.07, 6.45) is -0.529. The van der Waals surface area contributed by atoms with Crippen LogP contribution in [0, 0.1) is 11.3 Å². The van der Waals surface area contributed by atoms with E-state index in [9.17, 15) is 24.0 Å². The molecule has 2 aromatic carbocycles. The SMILES string of the molecule is CC(C)(C)OC(=O)C[C@H](NC(=O)CC(=O)NCCc1ccc(C#N)cc1)C(=O)N[C@@H](Cc1ccccc1)C(=O)OC(C)(C)C. The predicted octanol–water partition coefficient (Wildman–Crippen LogP) is 2.89. The highest BCUT2D eigenvalue weighted by Gasteiger charge is 2.32. The minimum atomic E-state index is -1.43. The van der Waals surface area contributed by atoms with E-state index in [4.69, 9.17) is 14.7 Å². The lowest BCUT2D eigenvalue weighted by Gasteiger charge is -2.27. The second-order valence-electron chi connectivity index (χ2n) is 12.3. The van der Waals surface area contributed by atoms with Crippen LogP contribution in [-0.2, 0) is 46.3 Å². The number of nitrogens with one attached hydrogen (secondary N) is 3. The predicted molar refractivity (Wildman–Crippen MR) is 163 cm³/mol. The van der Waals surface area contributed by atoms with Gasteiger partial charge >= 0.3 is 11.9 Å². The molecule has 44 heavy (non-hydrogen) atoms. The zero-order valence-electron chi connectivity index (χ0n) is 26.2. The molecule has 0 heterocycles. The Morgan fingerprint density at radius 2 is 1.39 bits per heavy atom. The third-order valence-electron chi connectivity index (χ3n) is 5.87. The van der Waals surface area contributed by atoms with Crippen molar-refractivity contribution in [1.82, 2.24) is 16.0 Å². The second-order valence-corrected chi connectivity index (χ2v) is 12.3. The third kappa shape index (κ3) is 14.0. The number of benzene rings is 2. The molecular formula is C33H42N4O7. The zero-order valence-corrected chi connectivity index (χ0v) is 26.2. The van der Waals surface area contributed by atoms with Crippen LogP contribution in [0.2, 0.25) is 0 Å². The largest absolute Gasteiger partial charge is 0.460 e. The van der Waals surface area contributed by atoms with Gasteiger partial charge in [-0.05, 0) is 71.2 Å². The summed E-state index contributed by atoms with van der Waals surface area (Å²) in [6, 6.07) is 15.4. The van der Waals surface area contributed by atoms with Crippen LogP contribution in [-0.4, -0.2) is 59.5 Å². The molecule has 0 unspecified atom stereocenters. The summed E-state index contributed by atoms with van der Waals surface area (Å²) >= 11 is 0. The average Bonchev–Trinajstić information content (AvgIpc) is 2.91. The van der Waals surface area contributed by atoms with E-state index in [2.05, 4.69) is 16.0 Å². The van der Waals surface area contributed by atoms with Gasteiger partial charge < -0.3 is 25.4 Å². The maximum atomic E-state index is 13.4. The molecule has 0 aromatic heterocycles. The normalized spacial score (nSPS) is 12.6. The Balaban J connectivity index is 2.11. The number of carbonyl (C=O) groups excluding carboxylic acids is 5. The second kappa shape index (κ2) is 16.2. The molecule has 11 heteroatoms. The Labute approximate surface area is 258 Å². The number of amides is 3. The Morgan fingerprint density at radius 3 is 1.95 bits per heavy atom. The van der Waals surface area contributed by atoms with E-state index >= 15 is 0 Å². The highest BCUT2D eigenvalue weighted by atomic mass is 16.6. The lowest BCUT2D eigenvalue weighted by atomic mass is 10.0. The van der Waals surface area contributed by atoms with Crippen molar-refractivity contribution in [2.24, 2.45) is 0 Å². The summed E-state index contributed by atoms with van der Waals surface area (Å²) in [5, 5.41) is 16.6. The molecule has 2 rings (SSSR count). The molecule has 3 amide bonds. The van der Waals surface area contributed by atoms with Crippen molar-refractivity contribution in [3.8, 4) is 6.07 Å². The van der Waals surface area contributed by atoms with Crippen molar-refractivity contribution in [2.75, 3.05) is 6.54 Å². The smallest absolute Gasteiger partial charge is 0.329 e. The molecule has 236 valence electrons. The molecule has 0 bridgehead atoms. The molecule has 0 aliphatic rings. The van der Waals surface area contributed by atoms with Crippen molar-refractivity contribution in [1.29, 1.82) is 5.26 Å². The summed E-state index contributed by atoms with van der Waals surface area (Å²) in [6.45, 7) is 10.3. The summed E-state index contributed by atoms with van der Waals surface area (Å²) in [4.78, 5) is 64.4. The van der Waals surface area contributed by atoms with Gasteiger partial charge in [0.1, 0.15) is 29.7 Å². The van der Waals surface area contributed by atoms with Gasteiger partial charge in [0, 0.05) is 13.0 Å². The number of ether oxygens (including phenoxy) is 2. The lowest BCUT2D eigenvalue weighted by Crippen LogP contribution is -2.54. The van der Waals surface area contributed by atoms with Crippen LogP contribution < -0.4 is 16.0 Å². The quantitative estimate of drug-likeness (QED) is 0.231. The molecule has 0 radical (unpaired) electrons. The van der Waals surface area contributed by atoms with E-state index in [0.717, 1.165) is 11.1 Å². The Morgan fingerprint density at radius 1 is 0.773 bits per heavy atom. The van der Waals surface area contributed by atoms with Crippen molar-refractivity contribution < 1.29 is 33.4 Å². The third-order valence-corrected chi connectivity index (χ3v) is 5.87. The monoisotopic (exact) mass is 606 g/mol. The number of rotatable bonds is 13. The van der Waals surface area contributed by atoms with Crippen molar-refractivity contribution in [3.63, 3.8) is 0 Å². The summed E-state index contributed by atoms with van der Waals surface area (Å²) < 4.78 is 10.9. The van der Waals surface area contributed by atoms with Crippen LogP contribution in [0.15, 0.2) is 54.6 Å². The maximum Gasteiger partial charge on any atom is 0.329 e. The fourth-order valence-corrected chi connectivity index (χ4v) is 3.99. The minimum absolute atomic E-state index is 0.107. The summed E-state index contributed by atoms with van der Waals surface area (Å²) in [7, 11) is 0. The van der Waals surface area contributed by atoms with E-state index in [1.807, 2.05) is 12.1 Å². The molecule has 2 aromatic rings. The fraction of sp³-hybridized carbons (Fsp3) is 0.455. The Kier molecular flexibility index (Phi) is 13.1. The number of hydrogen-bond acceptors (Lipinski definition) is 8. The van der Waals surface area contributed by atoms with Gasteiger partial charge in [-0.3, -0.25) is 19.2 Å². The van der Waals surface area contributed by atoms with Gasteiger partial charge in [0.05, 0.1) is 18.1 Å². The first-order valence-electron chi connectivity index (χ1n) is 14.4. The fourth-order valence-electron chi connectivity index (χ4n) is 3.99. The topological polar surface area (TPSA) is 164 Å². The van der Waals surface area contributed by atoms with E-state index in [-0.39, 0.29) is 13.0 Å². The molecule has 0 spiro atoms. The van der Waals surface area contributed by atoms with E-state index in [1.165, 1.54) is 0 Å². The molecule has 0 aliphatic carbocycles. The van der Waals surface area contributed by atoms with Gasteiger partial charge in [-0.15, -0.1) is 0 Å². The van der Waals surface area contributed by atoms with Gasteiger partial charge in [0.25, 0.3) is 0 Å². The zero-order chi connectivity index (χ0) is 32.9. The average molecular weight is 607 g/mol. The Bertz CT molecular complexity index is 1340. The summed E-state index contributed by atoms with van der Waals surface area (Å²) in [5.41, 5.74) is 0.515. The highest BCUT2D eigenvalue weighted by molar-refractivity contribution is 6.00. The van der Waals surface area contributed by atoms with E-state index in [0.29, 0.717) is 12.0 Å². The Hall–Kier alpha value is -4.72. The van der Waals surface area contributed by atoms with Crippen LogP contribution in [0.3, 0.4) is 0 Å². The van der Waals surface area contributed by atoms with Crippen molar-refractivity contribution >= 4 is 29.7 Å². The van der Waals surface area contributed by atoms with Crippen LogP contribution in [0.5, 0.6) is 0 Å². The number of carbonyl (C=O) groups is 5. The lowest BCUT2D eigenvalue weighted by molar-refractivity contribution is -0.159. The van der Waals surface area contributed by atoms with Gasteiger partial charge in [0.15, 0.2) is 0 Å². The van der Waals surface area contributed by atoms with Gasteiger partial charge in [-0.1, -0.05) is 42.5 Å². The molecular weight excluding hydrogens is 564 g/mol. The number of nitriles is 1. The first-order chi connectivity index (χ1) is 20.5. The van der Waals surface area contributed by atoms with Gasteiger partial charge in [-0.2, -0.15) is 5.26 Å². The molecule has 0 fully saturated rings. The minimum Gasteiger partial charge on any atom is -0.460 e. The first kappa shape index (κ1) is 35.5. The molecule has 3 N–H and O–H groups in total. The molecule has 2 atom stereocenters. The molecule has 0 aliphatic heterocycles. The summed E-state index contributed by atoms with van der Waals surface area (Å²) in [5.74, 6) is -3.61. The number of esters is 2. The van der Waals surface area contributed by atoms with Gasteiger partial charge in [-0.25, -0.2) is 4.79 Å². The van der Waals surface area contributed by atoms with Crippen molar-refractivity contribution in [2.45, 2.75) is 90.5 Å². The molecule has 11 nitrogen and oxygen atoms in total.